The third kappa shape index (κ3) is 6.26. The number of ether oxygens (including phenoxy) is 2. The monoisotopic (exact) mass is 614 g/mol. The molecule has 1 aliphatic carbocycles. The highest BCUT2D eigenvalue weighted by Gasteiger charge is 2.41. The van der Waals surface area contributed by atoms with Gasteiger partial charge in [0.2, 0.25) is 0 Å². The first-order chi connectivity index (χ1) is 18.6. The fraction of sp³-hybridized carbons (Fsp3) is 0.414. The van der Waals surface area contributed by atoms with E-state index >= 15 is 0 Å². The SMILES string of the molecule is CCCC1CC(=O)C2=C(C1)N=C(C)C(C#N)C2c1cc(Br)c(OCc2ccc(S(=O)(=O)O)cc2)c(OCC)c1. The Balaban J connectivity index is 1.69. The summed E-state index contributed by atoms with van der Waals surface area (Å²) < 4.78 is 44.4. The molecule has 0 radical (unpaired) electrons. The van der Waals surface area contributed by atoms with E-state index in [1.54, 1.807) is 12.1 Å². The Morgan fingerprint density at radius 2 is 1.87 bits per heavy atom. The van der Waals surface area contributed by atoms with Crippen molar-refractivity contribution in [3.8, 4) is 17.6 Å². The van der Waals surface area contributed by atoms with Gasteiger partial charge >= 0.3 is 0 Å². The highest BCUT2D eigenvalue weighted by atomic mass is 79.9. The van der Waals surface area contributed by atoms with Crippen molar-refractivity contribution in [3.63, 3.8) is 0 Å². The van der Waals surface area contributed by atoms with Gasteiger partial charge < -0.3 is 9.47 Å². The summed E-state index contributed by atoms with van der Waals surface area (Å²) in [5.74, 6) is 0.188. The number of ketones is 1. The van der Waals surface area contributed by atoms with Gasteiger partial charge in [-0.2, -0.15) is 13.7 Å². The second-order valence-corrected chi connectivity index (χ2v) is 12.1. The average molecular weight is 616 g/mol. The number of aliphatic imine (C=N–C) groups is 1. The topological polar surface area (TPSA) is 126 Å². The van der Waals surface area contributed by atoms with Crippen LogP contribution in [-0.2, 0) is 21.5 Å². The number of rotatable bonds is 9. The molecule has 39 heavy (non-hydrogen) atoms. The number of benzene rings is 2. The number of carbonyl (C=O) groups excluding carboxylic acids is 1. The number of nitrogens with zero attached hydrogens (tertiary/aromatic N) is 2. The molecule has 3 unspecified atom stereocenters. The Labute approximate surface area is 237 Å². The molecule has 0 amide bonds. The fourth-order valence-corrected chi connectivity index (χ4v) is 6.42. The van der Waals surface area contributed by atoms with E-state index in [0.29, 0.717) is 45.8 Å². The lowest BCUT2D eigenvalue weighted by Gasteiger charge is -2.35. The molecule has 1 heterocycles. The first-order valence-corrected chi connectivity index (χ1v) is 15.2. The zero-order valence-corrected chi connectivity index (χ0v) is 24.5. The zero-order chi connectivity index (χ0) is 28.3. The Bertz CT molecular complexity index is 1470. The highest BCUT2D eigenvalue weighted by molar-refractivity contribution is 9.10. The molecule has 1 N–H and O–H groups in total. The van der Waals surface area contributed by atoms with Crippen LogP contribution in [0.4, 0.5) is 0 Å². The molecule has 0 saturated carbocycles. The molecule has 206 valence electrons. The van der Waals surface area contributed by atoms with Gasteiger partial charge in [-0.3, -0.25) is 14.3 Å². The Hall–Kier alpha value is -3.00. The summed E-state index contributed by atoms with van der Waals surface area (Å²) in [4.78, 5) is 17.9. The predicted molar refractivity (Wildman–Crippen MR) is 151 cm³/mol. The van der Waals surface area contributed by atoms with E-state index in [9.17, 15) is 23.0 Å². The minimum absolute atomic E-state index is 0.0546. The van der Waals surface area contributed by atoms with Crippen molar-refractivity contribution in [2.75, 3.05) is 6.61 Å². The lowest BCUT2D eigenvalue weighted by atomic mass is 9.70. The van der Waals surface area contributed by atoms with E-state index in [1.165, 1.54) is 12.1 Å². The third-order valence-electron chi connectivity index (χ3n) is 7.10. The van der Waals surface area contributed by atoms with Crippen molar-refractivity contribution >= 4 is 37.5 Å². The van der Waals surface area contributed by atoms with Crippen LogP contribution >= 0.6 is 15.9 Å². The lowest BCUT2D eigenvalue weighted by Crippen LogP contribution is -2.32. The molecule has 1 aliphatic heterocycles. The van der Waals surface area contributed by atoms with Crippen molar-refractivity contribution in [1.29, 1.82) is 5.26 Å². The number of nitriles is 1. The second kappa shape index (κ2) is 12.0. The molecular formula is C29H31BrN2O6S. The van der Waals surface area contributed by atoms with Crippen LogP contribution in [0.1, 0.15) is 63.5 Å². The molecule has 0 fully saturated rings. The summed E-state index contributed by atoms with van der Waals surface area (Å²) in [6, 6.07) is 11.8. The molecule has 4 rings (SSSR count). The molecule has 0 aromatic heterocycles. The van der Waals surface area contributed by atoms with Gasteiger partial charge in [-0.15, -0.1) is 0 Å². The first-order valence-electron chi connectivity index (χ1n) is 12.9. The zero-order valence-electron chi connectivity index (χ0n) is 22.1. The largest absolute Gasteiger partial charge is 0.490 e. The van der Waals surface area contributed by atoms with E-state index in [1.807, 2.05) is 26.0 Å². The minimum Gasteiger partial charge on any atom is -0.490 e. The van der Waals surface area contributed by atoms with Crippen LogP contribution in [0.5, 0.6) is 11.5 Å². The molecule has 2 aromatic rings. The minimum atomic E-state index is -4.28. The van der Waals surface area contributed by atoms with Gasteiger partial charge in [0.25, 0.3) is 10.1 Å². The number of carbonyl (C=O) groups is 1. The van der Waals surface area contributed by atoms with Crippen molar-refractivity contribution in [2.24, 2.45) is 16.8 Å². The summed E-state index contributed by atoms with van der Waals surface area (Å²) >= 11 is 3.60. The number of hydrogen-bond acceptors (Lipinski definition) is 7. The number of allylic oxidation sites excluding steroid dienone is 2. The predicted octanol–water partition coefficient (Wildman–Crippen LogP) is 6.40. The fourth-order valence-electron chi connectivity index (χ4n) is 5.36. The third-order valence-corrected chi connectivity index (χ3v) is 8.56. The number of halogens is 1. The van der Waals surface area contributed by atoms with E-state index in [-0.39, 0.29) is 23.2 Å². The van der Waals surface area contributed by atoms with Crippen LogP contribution in [0.3, 0.4) is 0 Å². The van der Waals surface area contributed by atoms with E-state index in [4.69, 9.17) is 14.5 Å². The van der Waals surface area contributed by atoms with Crippen LogP contribution in [0.25, 0.3) is 0 Å². The highest BCUT2D eigenvalue weighted by Crippen LogP contribution is 2.48. The number of hydrogen-bond donors (Lipinski definition) is 1. The normalized spacial score (nSPS) is 21.2. The van der Waals surface area contributed by atoms with Crippen molar-refractivity contribution in [3.05, 3.63) is 63.3 Å². The van der Waals surface area contributed by atoms with Crippen LogP contribution < -0.4 is 9.47 Å². The van der Waals surface area contributed by atoms with Gasteiger partial charge in [-0.05, 0) is 83.9 Å². The van der Waals surface area contributed by atoms with E-state index in [2.05, 4.69) is 28.9 Å². The van der Waals surface area contributed by atoms with Crippen LogP contribution in [0.2, 0.25) is 0 Å². The molecular weight excluding hydrogens is 584 g/mol. The quantitative estimate of drug-likeness (QED) is 0.323. The van der Waals surface area contributed by atoms with E-state index in [0.717, 1.165) is 30.5 Å². The van der Waals surface area contributed by atoms with Crippen molar-refractivity contribution < 1.29 is 27.2 Å². The maximum atomic E-state index is 13.4. The van der Waals surface area contributed by atoms with Crippen molar-refractivity contribution in [2.45, 2.75) is 63.9 Å². The molecule has 8 nitrogen and oxygen atoms in total. The summed E-state index contributed by atoms with van der Waals surface area (Å²) in [5.41, 5.74) is 3.58. The Morgan fingerprint density at radius 1 is 1.15 bits per heavy atom. The van der Waals surface area contributed by atoms with Crippen LogP contribution in [0.15, 0.2) is 62.0 Å². The van der Waals surface area contributed by atoms with Gasteiger partial charge in [0.15, 0.2) is 17.3 Å². The maximum absolute atomic E-state index is 13.4. The molecule has 10 heteroatoms. The lowest BCUT2D eigenvalue weighted by molar-refractivity contribution is -0.117. The van der Waals surface area contributed by atoms with Crippen molar-refractivity contribution in [1.82, 2.24) is 0 Å². The molecule has 0 saturated heterocycles. The van der Waals surface area contributed by atoms with Gasteiger partial charge in [-0.25, -0.2) is 0 Å². The maximum Gasteiger partial charge on any atom is 0.294 e. The van der Waals surface area contributed by atoms with Crippen LogP contribution in [0, 0.1) is 23.2 Å². The molecule has 2 aliphatic rings. The van der Waals surface area contributed by atoms with Gasteiger partial charge in [0.05, 0.1) is 28.0 Å². The van der Waals surface area contributed by atoms with Crippen LogP contribution in [-0.4, -0.2) is 31.1 Å². The average Bonchev–Trinajstić information content (AvgIpc) is 2.87. The second-order valence-electron chi connectivity index (χ2n) is 9.85. The standard InChI is InChI=1S/C29H31BrN2O6S/c1-4-6-19-11-24-28(25(33)12-19)27(22(15-31)17(3)32-24)20-13-23(30)29(26(14-20)37-5-2)38-16-18-7-9-21(10-8-18)39(34,35)36/h7-10,13-14,19,22,27H,4-6,11-12,16H2,1-3H3,(H,34,35,36). The first kappa shape index (κ1) is 29.0. The van der Waals surface area contributed by atoms with Gasteiger partial charge in [0, 0.05) is 29.3 Å². The summed E-state index contributed by atoms with van der Waals surface area (Å²) in [5, 5.41) is 10.1. The molecule has 0 spiro atoms. The van der Waals surface area contributed by atoms with E-state index < -0.39 is 22.0 Å². The van der Waals surface area contributed by atoms with Gasteiger partial charge in [0.1, 0.15) is 6.61 Å². The smallest absolute Gasteiger partial charge is 0.294 e. The molecule has 3 atom stereocenters. The summed E-state index contributed by atoms with van der Waals surface area (Å²) in [6.07, 6.45) is 3.17. The number of Topliss-reactive ketones (excluding diaryl/α,β-unsaturated/α-hetero) is 1. The van der Waals surface area contributed by atoms with Gasteiger partial charge in [-0.1, -0.05) is 25.5 Å². The Kier molecular flexibility index (Phi) is 8.94. The molecule has 2 aromatic carbocycles. The summed E-state index contributed by atoms with van der Waals surface area (Å²) in [7, 11) is -4.28. The Morgan fingerprint density at radius 3 is 2.49 bits per heavy atom. The summed E-state index contributed by atoms with van der Waals surface area (Å²) in [6.45, 7) is 6.30. The molecule has 0 bridgehead atoms.